The van der Waals surface area contributed by atoms with E-state index in [0.717, 1.165) is 11.3 Å². The van der Waals surface area contributed by atoms with Crippen molar-refractivity contribution in [2.45, 2.75) is 19.7 Å². The van der Waals surface area contributed by atoms with Crippen molar-refractivity contribution in [1.29, 1.82) is 0 Å². The third kappa shape index (κ3) is 2.42. The first-order valence-electron chi connectivity index (χ1n) is 6.39. The normalized spacial score (nSPS) is 13.1. The van der Waals surface area contributed by atoms with E-state index >= 15 is 0 Å². The van der Waals surface area contributed by atoms with Crippen LogP contribution in [0, 0.1) is 0 Å². The molecule has 1 amide bonds. The molecule has 0 bridgehead atoms. The maximum absolute atomic E-state index is 12.0. The maximum atomic E-state index is 12.0. The number of carbonyl (C=O) groups is 1. The Hall–Kier alpha value is -2.56. The zero-order chi connectivity index (χ0) is 13.9. The Morgan fingerprint density at radius 3 is 2.75 bits per heavy atom. The van der Waals surface area contributed by atoms with Crippen molar-refractivity contribution >= 4 is 6.09 Å². The molecule has 5 nitrogen and oxygen atoms in total. The summed E-state index contributed by atoms with van der Waals surface area (Å²) in [5.41, 5.74) is 2.32. The second kappa shape index (κ2) is 5.21. The Balaban J connectivity index is 1.63. The molecule has 102 valence electrons. The topological polar surface area (TPSA) is 62.4 Å². The number of rotatable bonds is 2. The van der Waals surface area contributed by atoms with Crippen LogP contribution in [-0.4, -0.2) is 16.0 Å². The summed E-state index contributed by atoms with van der Waals surface area (Å²) < 4.78 is 5.25. The average Bonchev–Trinajstić information content (AvgIpc) is 2.91. The van der Waals surface area contributed by atoms with Crippen LogP contribution in [0.4, 0.5) is 4.79 Å². The second-order valence-corrected chi connectivity index (χ2v) is 4.70. The molecular formula is C15H14N2O3. The van der Waals surface area contributed by atoms with Gasteiger partial charge in [-0.15, -0.1) is 0 Å². The summed E-state index contributed by atoms with van der Waals surface area (Å²) in [6.07, 6.45) is 1.19. The number of ether oxygens (including phenoxy) is 1. The SMILES string of the molecule is O=C(OCc1ccccc1)N1Cc2[nH]ccc(=O)c2C1. The highest BCUT2D eigenvalue weighted by molar-refractivity contribution is 5.68. The fraction of sp³-hybridized carbons (Fsp3) is 0.200. The van der Waals surface area contributed by atoms with Crippen LogP contribution in [0.1, 0.15) is 16.8 Å². The quantitative estimate of drug-likeness (QED) is 0.908. The number of amides is 1. The van der Waals surface area contributed by atoms with Crippen molar-refractivity contribution in [3.63, 3.8) is 0 Å². The maximum Gasteiger partial charge on any atom is 0.410 e. The summed E-state index contributed by atoms with van der Waals surface area (Å²) in [7, 11) is 0. The monoisotopic (exact) mass is 270 g/mol. The lowest BCUT2D eigenvalue weighted by atomic mass is 10.2. The lowest BCUT2D eigenvalue weighted by molar-refractivity contribution is 0.0952. The zero-order valence-electron chi connectivity index (χ0n) is 10.8. The number of aromatic amines is 1. The van der Waals surface area contributed by atoms with Gasteiger partial charge in [0, 0.05) is 23.5 Å². The molecule has 1 aromatic heterocycles. The Labute approximate surface area is 115 Å². The average molecular weight is 270 g/mol. The predicted octanol–water partition coefficient (Wildman–Crippen LogP) is 2.03. The van der Waals surface area contributed by atoms with Gasteiger partial charge in [0.1, 0.15) is 6.61 Å². The molecule has 0 aliphatic carbocycles. The number of nitrogens with one attached hydrogen (secondary N) is 1. The molecule has 0 saturated heterocycles. The largest absolute Gasteiger partial charge is 0.445 e. The van der Waals surface area contributed by atoms with E-state index in [1.54, 1.807) is 6.20 Å². The lowest BCUT2D eigenvalue weighted by Gasteiger charge is -2.14. The molecule has 0 fully saturated rings. The summed E-state index contributed by atoms with van der Waals surface area (Å²) in [6, 6.07) is 11.0. The summed E-state index contributed by atoms with van der Waals surface area (Å²) >= 11 is 0. The molecule has 0 unspecified atom stereocenters. The molecule has 0 spiro atoms. The van der Waals surface area contributed by atoms with E-state index in [2.05, 4.69) is 4.98 Å². The molecular weight excluding hydrogens is 256 g/mol. The van der Waals surface area contributed by atoms with E-state index in [4.69, 9.17) is 4.74 Å². The lowest BCUT2D eigenvalue weighted by Crippen LogP contribution is -2.26. The van der Waals surface area contributed by atoms with E-state index in [1.165, 1.54) is 11.0 Å². The predicted molar refractivity (Wildman–Crippen MR) is 72.9 cm³/mol. The van der Waals surface area contributed by atoms with Crippen LogP contribution in [0.2, 0.25) is 0 Å². The Kier molecular flexibility index (Phi) is 3.25. The fourth-order valence-corrected chi connectivity index (χ4v) is 2.25. The molecule has 1 aliphatic rings. The minimum absolute atomic E-state index is 0.0443. The van der Waals surface area contributed by atoms with Gasteiger partial charge >= 0.3 is 6.09 Å². The molecule has 2 heterocycles. The molecule has 1 aliphatic heterocycles. The minimum Gasteiger partial charge on any atom is -0.445 e. The number of H-pyrrole nitrogens is 1. The highest BCUT2D eigenvalue weighted by atomic mass is 16.6. The highest BCUT2D eigenvalue weighted by Gasteiger charge is 2.26. The van der Waals surface area contributed by atoms with Gasteiger partial charge in [-0.05, 0) is 5.56 Å². The van der Waals surface area contributed by atoms with Crippen molar-refractivity contribution in [2.75, 3.05) is 0 Å². The first-order chi connectivity index (χ1) is 9.74. The standard InChI is InChI=1S/C15H14N2O3/c18-14-6-7-16-13-9-17(8-12(13)14)15(19)20-10-11-4-2-1-3-5-11/h1-7H,8-10H2,(H,16,18). The number of pyridine rings is 1. The first-order valence-corrected chi connectivity index (χ1v) is 6.39. The van der Waals surface area contributed by atoms with E-state index < -0.39 is 6.09 Å². The van der Waals surface area contributed by atoms with Crippen molar-refractivity contribution in [3.05, 3.63) is 69.6 Å². The van der Waals surface area contributed by atoms with Crippen molar-refractivity contribution in [3.8, 4) is 0 Å². The Morgan fingerprint density at radius 1 is 1.20 bits per heavy atom. The molecule has 2 aromatic rings. The minimum atomic E-state index is -0.405. The van der Waals surface area contributed by atoms with Gasteiger partial charge in [-0.3, -0.25) is 9.69 Å². The first kappa shape index (κ1) is 12.5. The van der Waals surface area contributed by atoms with Gasteiger partial charge in [0.15, 0.2) is 5.43 Å². The number of hydrogen-bond donors (Lipinski definition) is 1. The molecule has 0 radical (unpaired) electrons. The molecule has 5 heteroatoms. The van der Waals surface area contributed by atoms with E-state index in [9.17, 15) is 9.59 Å². The Bertz CT molecular complexity index is 679. The van der Waals surface area contributed by atoms with Gasteiger partial charge in [-0.1, -0.05) is 30.3 Å². The fourth-order valence-electron chi connectivity index (χ4n) is 2.25. The zero-order valence-corrected chi connectivity index (χ0v) is 10.8. The number of hydrogen-bond acceptors (Lipinski definition) is 3. The van der Waals surface area contributed by atoms with E-state index in [-0.39, 0.29) is 12.0 Å². The Morgan fingerprint density at radius 2 is 2.00 bits per heavy atom. The van der Waals surface area contributed by atoms with E-state index in [0.29, 0.717) is 18.7 Å². The van der Waals surface area contributed by atoms with Crippen LogP contribution in [0.3, 0.4) is 0 Å². The van der Waals surface area contributed by atoms with Crippen molar-refractivity contribution in [2.24, 2.45) is 0 Å². The third-order valence-corrected chi connectivity index (χ3v) is 3.32. The van der Waals surface area contributed by atoms with Crippen LogP contribution in [0.25, 0.3) is 0 Å². The van der Waals surface area contributed by atoms with Crippen molar-refractivity contribution in [1.82, 2.24) is 9.88 Å². The van der Waals surface area contributed by atoms with Crippen LogP contribution in [-0.2, 0) is 24.4 Å². The number of benzene rings is 1. The number of carbonyl (C=O) groups excluding carboxylic acids is 1. The molecule has 1 aromatic carbocycles. The number of nitrogens with zero attached hydrogens (tertiary/aromatic N) is 1. The van der Waals surface area contributed by atoms with Crippen LogP contribution in [0.15, 0.2) is 47.4 Å². The van der Waals surface area contributed by atoms with Gasteiger partial charge < -0.3 is 9.72 Å². The molecule has 20 heavy (non-hydrogen) atoms. The number of aromatic nitrogens is 1. The van der Waals surface area contributed by atoms with Gasteiger partial charge in [0.05, 0.1) is 13.1 Å². The van der Waals surface area contributed by atoms with E-state index in [1.807, 2.05) is 30.3 Å². The number of fused-ring (bicyclic) bond motifs is 1. The van der Waals surface area contributed by atoms with Crippen LogP contribution in [0.5, 0.6) is 0 Å². The third-order valence-electron chi connectivity index (χ3n) is 3.32. The second-order valence-electron chi connectivity index (χ2n) is 4.70. The molecule has 0 atom stereocenters. The van der Waals surface area contributed by atoms with Crippen LogP contribution >= 0.6 is 0 Å². The van der Waals surface area contributed by atoms with Crippen molar-refractivity contribution < 1.29 is 9.53 Å². The molecule has 1 N–H and O–H groups in total. The van der Waals surface area contributed by atoms with Crippen LogP contribution < -0.4 is 5.43 Å². The van der Waals surface area contributed by atoms with Gasteiger partial charge in [-0.25, -0.2) is 4.79 Å². The smallest absolute Gasteiger partial charge is 0.410 e. The molecule has 0 saturated carbocycles. The molecule has 3 rings (SSSR count). The summed E-state index contributed by atoms with van der Waals surface area (Å²) in [6.45, 7) is 0.929. The summed E-state index contributed by atoms with van der Waals surface area (Å²) in [4.78, 5) is 28.2. The summed E-state index contributed by atoms with van der Waals surface area (Å²) in [5.74, 6) is 0. The van der Waals surface area contributed by atoms with Gasteiger partial charge in [-0.2, -0.15) is 0 Å². The highest BCUT2D eigenvalue weighted by Crippen LogP contribution is 2.18. The van der Waals surface area contributed by atoms with Gasteiger partial charge in [0.2, 0.25) is 0 Å². The summed E-state index contributed by atoms with van der Waals surface area (Å²) in [5, 5.41) is 0. The van der Waals surface area contributed by atoms with Gasteiger partial charge in [0.25, 0.3) is 0 Å².